The van der Waals surface area contributed by atoms with Crippen molar-refractivity contribution in [3.8, 4) is 11.5 Å². The minimum Gasteiger partial charge on any atom is -0.493 e. The highest BCUT2D eigenvalue weighted by Crippen LogP contribution is 2.34. The van der Waals surface area contributed by atoms with Crippen LogP contribution in [-0.2, 0) is 17.2 Å². The highest BCUT2D eigenvalue weighted by atomic mass is 19.4. The number of hydrogen-bond donors (Lipinski definition) is 0. The summed E-state index contributed by atoms with van der Waals surface area (Å²) < 4.78 is 86.1. The summed E-state index contributed by atoms with van der Waals surface area (Å²) in [5.41, 5.74) is -1.50. The lowest BCUT2D eigenvalue weighted by molar-refractivity contribution is -0.138. The first kappa shape index (κ1) is 32.7. The summed E-state index contributed by atoms with van der Waals surface area (Å²) in [6.07, 6.45) is -5.31. The van der Waals surface area contributed by atoms with Crippen LogP contribution in [0.2, 0.25) is 0 Å². The lowest BCUT2D eigenvalue weighted by atomic mass is 10.1. The Kier molecular flexibility index (Phi) is 13.1. The molecule has 0 radical (unpaired) electrons. The van der Waals surface area contributed by atoms with Gasteiger partial charge in [-0.05, 0) is 49.2 Å². The molecule has 0 saturated carbocycles. The number of unbranched alkanes of at least 4 members (excludes halogenated alkanes) is 2. The van der Waals surface area contributed by atoms with Crippen molar-refractivity contribution in [1.29, 1.82) is 0 Å². The molecule has 0 aliphatic heterocycles. The molecule has 2 aromatic carbocycles. The van der Waals surface area contributed by atoms with E-state index in [2.05, 4.69) is 0 Å². The third kappa shape index (κ3) is 10.2. The van der Waals surface area contributed by atoms with E-state index >= 15 is 0 Å². The first-order valence-electron chi connectivity index (χ1n) is 11.7. The average molecular weight is 552 g/mol. The molecule has 212 valence electrons. The standard InChI is InChI=1S/C14H18F3NO3.C12H13F3O2/c1-4-5-8-21-12-9-10(14(15,16)17)6-7-11(12)13(19)18(2)20-3;1-2-3-6-17-11-7-10(12(13,14)15)5-4-9(11)8-16/h6-7,9H,4-5,8H2,1-3H3;4-5,7-8H,2-3,6H2,1H3. The Morgan fingerprint density at radius 3 is 1.76 bits per heavy atom. The molecule has 0 aliphatic rings. The Morgan fingerprint density at radius 1 is 0.842 bits per heavy atom. The Bertz CT molecular complexity index is 1040. The van der Waals surface area contributed by atoms with Crippen LogP contribution < -0.4 is 9.47 Å². The van der Waals surface area contributed by atoms with E-state index in [9.17, 15) is 35.9 Å². The summed E-state index contributed by atoms with van der Waals surface area (Å²) in [5, 5.41) is 0.926. The van der Waals surface area contributed by atoms with Crippen LogP contribution in [0.25, 0.3) is 0 Å². The summed E-state index contributed by atoms with van der Waals surface area (Å²) in [6.45, 7) is 4.42. The maximum Gasteiger partial charge on any atom is 0.416 e. The van der Waals surface area contributed by atoms with Crippen LogP contribution >= 0.6 is 0 Å². The fourth-order valence-corrected chi connectivity index (χ4v) is 2.83. The van der Waals surface area contributed by atoms with E-state index in [0.717, 1.165) is 60.7 Å². The quantitative estimate of drug-likeness (QED) is 0.128. The Hall–Kier alpha value is -3.28. The predicted octanol–water partition coefficient (Wildman–Crippen LogP) is 7.21. The van der Waals surface area contributed by atoms with E-state index in [1.165, 1.54) is 14.2 Å². The summed E-state index contributed by atoms with van der Waals surface area (Å²) in [6, 6.07) is 5.64. The molecule has 0 fully saturated rings. The predicted molar refractivity (Wildman–Crippen MR) is 128 cm³/mol. The van der Waals surface area contributed by atoms with Crippen molar-refractivity contribution in [3.05, 3.63) is 58.7 Å². The number of hydrogen-bond acceptors (Lipinski definition) is 5. The summed E-state index contributed by atoms with van der Waals surface area (Å²) >= 11 is 0. The number of aldehydes is 1. The number of carbonyl (C=O) groups excluding carboxylic acids is 2. The van der Waals surface area contributed by atoms with E-state index in [0.29, 0.717) is 19.3 Å². The van der Waals surface area contributed by atoms with E-state index in [1.807, 2.05) is 13.8 Å². The van der Waals surface area contributed by atoms with Crippen LogP contribution in [0.3, 0.4) is 0 Å². The zero-order chi connectivity index (χ0) is 28.9. The van der Waals surface area contributed by atoms with Crippen LogP contribution in [0.4, 0.5) is 26.3 Å². The summed E-state index contributed by atoms with van der Waals surface area (Å²) in [4.78, 5) is 27.4. The minimum atomic E-state index is -4.49. The van der Waals surface area contributed by atoms with Gasteiger partial charge in [0.2, 0.25) is 0 Å². The lowest BCUT2D eigenvalue weighted by Crippen LogP contribution is -2.26. The third-order valence-electron chi connectivity index (χ3n) is 5.08. The molecule has 0 saturated heterocycles. The van der Waals surface area contributed by atoms with Gasteiger partial charge in [0, 0.05) is 7.05 Å². The molecule has 0 unspecified atom stereocenters. The van der Waals surface area contributed by atoms with E-state index in [1.54, 1.807) is 0 Å². The SMILES string of the molecule is CCCCOc1cc(C(F)(F)F)ccc1C(=O)N(C)OC.CCCCOc1cc(C(F)(F)F)ccc1C=O. The Balaban J connectivity index is 0.000000389. The van der Waals surface area contributed by atoms with Crippen LogP contribution in [0.1, 0.15) is 71.4 Å². The fourth-order valence-electron chi connectivity index (χ4n) is 2.83. The second kappa shape index (κ2) is 15.2. The molecule has 2 rings (SSSR count). The van der Waals surface area contributed by atoms with Crippen molar-refractivity contribution in [2.24, 2.45) is 0 Å². The van der Waals surface area contributed by atoms with Gasteiger partial charge in [-0.1, -0.05) is 26.7 Å². The smallest absolute Gasteiger partial charge is 0.416 e. The van der Waals surface area contributed by atoms with Crippen molar-refractivity contribution in [1.82, 2.24) is 5.06 Å². The largest absolute Gasteiger partial charge is 0.493 e. The molecule has 12 heteroatoms. The Morgan fingerprint density at radius 2 is 1.32 bits per heavy atom. The molecule has 0 bridgehead atoms. The molecule has 38 heavy (non-hydrogen) atoms. The second-order valence-electron chi connectivity index (χ2n) is 7.97. The normalized spacial score (nSPS) is 11.3. The molecule has 0 N–H and O–H groups in total. The number of benzene rings is 2. The number of alkyl halides is 6. The first-order chi connectivity index (χ1) is 17.8. The summed E-state index contributed by atoms with van der Waals surface area (Å²) in [7, 11) is 2.66. The van der Waals surface area contributed by atoms with Gasteiger partial charge in [-0.3, -0.25) is 14.4 Å². The van der Waals surface area contributed by atoms with Crippen LogP contribution in [0.15, 0.2) is 36.4 Å². The molecule has 0 aliphatic carbocycles. The first-order valence-corrected chi connectivity index (χ1v) is 11.7. The molecule has 0 heterocycles. The highest BCUT2D eigenvalue weighted by molar-refractivity contribution is 5.96. The van der Waals surface area contributed by atoms with E-state index in [4.69, 9.17) is 14.3 Å². The molecule has 2 aromatic rings. The molecular weight excluding hydrogens is 520 g/mol. The number of amides is 1. The van der Waals surface area contributed by atoms with Gasteiger partial charge in [-0.2, -0.15) is 26.3 Å². The molecule has 0 aromatic heterocycles. The lowest BCUT2D eigenvalue weighted by Gasteiger charge is -2.18. The monoisotopic (exact) mass is 551 g/mol. The third-order valence-corrected chi connectivity index (χ3v) is 5.08. The maximum absolute atomic E-state index is 12.7. The molecule has 6 nitrogen and oxygen atoms in total. The molecular formula is C26H31F6NO5. The summed E-state index contributed by atoms with van der Waals surface area (Å²) in [5.74, 6) is -0.673. The van der Waals surface area contributed by atoms with Gasteiger partial charge in [0.05, 0.1) is 42.6 Å². The number of halogens is 6. The van der Waals surface area contributed by atoms with Crippen molar-refractivity contribution < 1.29 is 50.2 Å². The van der Waals surface area contributed by atoms with Gasteiger partial charge in [-0.15, -0.1) is 0 Å². The zero-order valence-electron chi connectivity index (χ0n) is 21.5. The maximum atomic E-state index is 12.7. The van der Waals surface area contributed by atoms with Crippen molar-refractivity contribution in [2.75, 3.05) is 27.4 Å². The Labute approximate surface area is 217 Å². The number of rotatable bonds is 11. The van der Waals surface area contributed by atoms with Crippen LogP contribution in [0, 0.1) is 0 Å². The highest BCUT2D eigenvalue weighted by Gasteiger charge is 2.33. The van der Waals surface area contributed by atoms with Gasteiger partial charge >= 0.3 is 12.4 Å². The van der Waals surface area contributed by atoms with Gasteiger partial charge in [-0.25, -0.2) is 5.06 Å². The zero-order valence-corrected chi connectivity index (χ0v) is 21.5. The van der Waals surface area contributed by atoms with Gasteiger partial charge in [0.1, 0.15) is 11.5 Å². The number of nitrogens with zero attached hydrogens (tertiary/aromatic N) is 1. The topological polar surface area (TPSA) is 65.1 Å². The molecule has 0 spiro atoms. The van der Waals surface area contributed by atoms with E-state index < -0.39 is 29.4 Å². The number of hydroxylamine groups is 2. The average Bonchev–Trinajstić information content (AvgIpc) is 2.87. The van der Waals surface area contributed by atoms with Crippen molar-refractivity contribution in [3.63, 3.8) is 0 Å². The second-order valence-corrected chi connectivity index (χ2v) is 7.97. The molecule has 1 amide bonds. The number of ether oxygens (including phenoxy) is 2. The molecule has 0 atom stereocenters. The van der Waals surface area contributed by atoms with Gasteiger partial charge < -0.3 is 9.47 Å². The minimum absolute atomic E-state index is 0.0109. The van der Waals surface area contributed by atoms with Crippen LogP contribution in [0.5, 0.6) is 11.5 Å². The van der Waals surface area contributed by atoms with Crippen LogP contribution in [-0.4, -0.2) is 44.6 Å². The van der Waals surface area contributed by atoms with E-state index in [-0.39, 0.29) is 29.2 Å². The van der Waals surface area contributed by atoms with Gasteiger partial charge in [0.25, 0.3) is 5.91 Å². The van der Waals surface area contributed by atoms with Gasteiger partial charge in [0.15, 0.2) is 6.29 Å². The van der Waals surface area contributed by atoms with Crippen molar-refractivity contribution in [2.45, 2.75) is 51.9 Å². The number of carbonyl (C=O) groups is 2. The fraction of sp³-hybridized carbons (Fsp3) is 0.462. The van der Waals surface area contributed by atoms with Crippen molar-refractivity contribution >= 4 is 12.2 Å².